The van der Waals surface area contributed by atoms with Crippen molar-refractivity contribution in [2.24, 2.45) is 0 Å². The third-order valence-corrected chi connectivity index (χ3v) is 6.47. The molecule has 3 aromatic carbocycles. The highest BCUT2D eigenvalue weighted by molar-refractivity contribution is 7.50. The fraction of sp³-hybridized carbons (Fsp3) is 0.0500. The van der Waals surface area contributed by atoms with Gasteiger partial charge in [0.1, 0.15) is 0 Å². The lowest BCUT2D eigenvalue weighted by Gasteiger charge is -1.97. The average Bonchev–Trinajstić information content (AvgIpc) is 2.91. The molecule has 0 amide bonds. The topological polar surface area (TPSA) is 37.3 Å². The van der Waals surface area contributed by atoms with Gasteiger partial charge in [0.2, 0.25) is 0 Å². The van der Waals surface area contributed by atoms with Gasteiger partial charge in [0.15, 0.2) is 31.6 Å². The van der Waals surface area contributed by atoms with Crippen LogP contribution in [0.4, 0.5) is 4.39 Å². The maximum atomic E-state index is 13.4. The van der Waals surface area contributed by atoms with Crippen LogP contribution >= 0.6 is 10.5 Å². The first kappa shape index (κ1) is 14.8. The van der Waals surface area contributed by atoms with E-state index in [9.17, 15) is 14.3 Å². The second kappa shape index (κ2) is 5.42. The zero-order chi connectivity index (χ0) is 16.8. The number of thiophene rings is 1. The molecule has 0 saturated carbocycles. The summed E-state index contributed by atoms with van der Waals surface area (Å²) in [6.45, 7) is 1.56. The smallest absolute Gasteiger partial charge is 0.187 e. The number of carbonyl (C=O) groups is 1. The third kappa shape index (κ3) is 2.19. The third-order valence-electron chi connectivity index (χ3n) is 4.16. The van der Waals surface area contributed by atoms with Gasteiger partial charge < -0.3 is 5.11 Å². The first-order valence-corrected chi connectivity index (χ1v) is 8.76. The molecule has 0 aliphatic heterocycles. The lowest BCUT2D eigenvalue weighted by atomic mass is 10.1. The van der Waals surface area contributed by atoms with Crippen molar-refractivity contribution in [3.8, 4) is 10.6 Å². The number of carbonyl (C=O) groups excluding carboxylic acids is 1. The van der Waals surface area contributed by atoms with Crippen LogP contribution in [-0.4, -0.2) is 10.9 Å². The monoisotopic (exact) mass is 337 g/mol. The lowest BCUT2D eigenvalue weighted by molar-refractivity contribution is 0.101. The van der Waals surface area contributed by atoms with E-state index in [0.717, 1.165) is 25.1 Å². The number of hydrogen-bond donors (Lipinski definition) is 1. The first-order valence-electron chi connectivity index (χ1n) is 7.53. The Labute approximate surface area is 140 Å². The molecule has 24 heavy (non-hydrogen) atoms. The summed E-state index contributed by atoms with van der Waals surface area (Å²) in [5, 5.41) is 11.9. The SMILES string of the molecule is CC(=O)c1ccc2c(c1)c1ccccc1[s+]2-c1ccc(F)c(O)c1. The van der Waals surface area contributed by atoms with Crippen molar-refractivity contribution in [3.63, 3.8) is 0 Å². The highest BCUT2D eigenvalue weighted by Gasteiger charge is 2.24. The highest BCUT2D eigenvalue weighted by atomic mass is 32.2. The molecule has 1 atom stereocenters. The van der Waals surface area contributed by atoms with Crippen LogP contribution in [-0.2, 0) is 0 Å². The van der Waals surface area contributed by atoms with Crippen molar-refractivity contribution >= 4 is 36.4 Å². The zero-order valence-corrected chi connectivity index (χ0v) is 13.7. The van der Waals surface area contributed by atoms with Gasteiger partial charge in [-0.25, -0.2) is 4.39 Å². The fourth-order valence-corrected chi connectivity index (χ4v) is 5.38. The zero-order valence-electron chi connectivity index (χ0n) is 12.9. The van der Waals surface area contributed by atoms with Gasteiger partial charge in [-0.3, -0.25) is 4.79 Å². The molecule has 4 aromatic rings. The van der Waals surface area contributed by atoms with E-state index >= 15 is 0 Å². The van der Waals surface area contributed by atoms with Crippen molar-refractivity contribution in [1.29, 1.82) is 0 Å². The van der Waals surface area contributed by atoms with E-state index in [1.54, 1.807) is 13.0 Å². The van der Waals surface area contributed by atoms with Gasteiger partial charge >= 0.3 is 0 Å². The molecule has 0 fully saturated rings. The molecule has 1 unspecified atom stereocenters. The molecule has 4 rings (SSSR count). The van der Waals surface area contributed by atoms with Gasteiger partial charge in [-0.1, -0.05) is 12.1 Å². The Morgan fingerprint density at radius 2 is 1.71 bits per heavy atom. The summed E-state index contributed by atoms with van der Waals surface area (Å²) in [5.74, 6) is -0.935. The molecule has 118 valence electrons. The number of Topliss-reactive ketones (excluding diaryl/α,β-unsaturated/α-hetero) is 1. The highest BCUT2D eigenvalue weighted by Crippen LogP contribution is 2.49. The molecule has 0 radical (unpaired) electrons. The van der Waals surface area contributed by atoms with E-state index in [1.807, 2.05) is 42.5 Å². The summed E-state index contributed by atoms with van der Waals surface area (Å²) in [7, 11) is -0.419. The van der Waals surface area contributed by atoms with Crippen LogP contribution in [0, 0.1) is 5.82 Å². The Morgan fingerprint density at radius 3 is 2.46 bits per heavy atom. The van der Waals surface area contributed by atoms with E-state index in [0.29, 0.717) is 5.56 Å². The summed E-state index contributed by atoms with van der Waals surface area (Å²) in [4.78, 5) is 12.6. The number of benzene rings is 3. The quantitative estimate of drug-likeness (QED) is 0.372. The minimum absolute atomic E-state index is 0.0292. The average molecular weight is 337 g/mol. The molecule has 2 nitrogen and oxygen atoms in total. The number of phenolic OH excluding ortho intramolecular Hbond substituents is 1. The Kier molecular flexibility index (Phi) is 3.36. The van der Waals surface area contributed by atoms with Crippen LogP contribution in [0.2, 0.25) is 0 Å². The lowest BCUT2D eigenvalue weighted by Crippen LogP contribution is -1.89. The molecule has 1 N–H and O–H groups in total. The number of aromatic hydroxyl groups is 1. The van der Waals surface area contributed by atoms with Crippen molar-refractivity contribution in [1.82, 2.24) is 0 Å². The van der Waals surface area contributed by atoms with E-state index in [-0.39, 0.29) is 11.5 Å². The second-order valence-corrected chi connectivity index (χ2v) is 7.65. The second-order valence-electron chi connectivity index (χ2n) is 5.68. The van der Waals surface area contributed by atoms with E-state index < -0.39 is 16.3 Å². The maximum absolute atomic E-state index is 13.4. The van der Waals surface area contributed by atoms with Crippen LogP contribution in [0.15, 0.2) is 60.7 Å². The normalized spacial score (nSPS) is 12.0. The molecule has 4 heteroatoms. The van der Waals surface area contributed by atoms with Gasteiger partial charge in [-0.2, -0.15) is 0 Å². The molecule has 0 aliphatic rings. The van der Waals surface area contributed by atoms with Gasteiger partial charge in [-0.05, 0) is 43.3 Å². The molecule has 0 aliphatic carbocycles. The molecule has 1 aromatic heterocycles. The van der Waals surface area contributed by atoms with E-state index in [2.05, 4.69) is 0 Å². The molecule has 0 spiro atoms. The van der Waals surface area contributed by atoms with Crippen LogP contribution in [0.25, 0.3) is 25.1 Å². The number of fused-ring (bicyclic) bond motifs is 3. The van der Waals surface area contributed by atoms with Crippen LogP contribution in [0.1, 0.15) is 17.3 Å². The number of halogens is 1. The first-order chi connectivity index (χ1) is 11.6. The van der Waals surface area contributed by atoms with Crippen LogP contribution in [0.3, 0.4) is 0 Å². The summed E-state index contributed by atoms with van der Waals surface area (Å²) >= 11 is 0. The number of phenols is 1. The van der Waals surface area contributed by atoms with Gasteiger partial charge in [-0.15, -0.1) is 0 Å². The van der Waals surface area contributed by atoms with Gasteiger partial charge in [0.05, 0.1) is 0 Å². The molecular weight excluding hydrogens is 323 g/mol. The number of hydrogen-bond acceptors (Lipinski definition) is 2. The molecule has 1 heterocycles. The number of rotatable bonds is 2. The van der Waals surface area contributed by atoms with Gasteiger partial charge in [0, 0.05) is 38.9 Å². The maximum Gasteiger partial charge on any atom is 0.187 e. The molecular formula is C20H14FO2S+. The summed E-state index contributed by atoms with van der Waals surface area (Å²) in [6.07, 6.45) is 0. The Balaban J connectivity index is 2.13. The molecule has 0 bridgehead atoms. The van der Waals surface area contributed by atoms with E-state index in [4.69, 9.17) is 0 Å². The van der Waals surface area contributed by atoms with Crippen LogP contribution in [0.5, 0.6) is 5.75 Å². The molecule has 0 saturated heterocycles. The predicted molar refractivity (Wildman–Crippen MR) is 96.9 cm³/mol. The van der Waals surface area contributed by atoms with Crippen LogP contribution < -0.4 is 0 Å². The Morgan fingerprint density at radius 1 is 0.958 bits per heavy atom. The van der Waals surface area contributed by atoms with Crippen molar-refractivity contribution < 1.29 is 14.3 Å². The van der Waals surface area contributed by atoms with E-state index in [1.165, 1.54) is 12.1 Å². The largest absolute Gasteiger partial charge is 0.505 e. The minimum atomic E-state index is -0.623. The standard InChI is InChI=1S/C20H13FO2S/c1-12(22)13-6-9-20-16(10-13)15-4-2-3-5-19(15)24(20)14-7-8-17(21)18(23)11-14/h2-11H,1H3/p+1. The Bertz CT molecular complexity index is 1110. The predicted octanol–water partition coefficient (Wildman–Crippen LogP) is 5.78. The number of ketones is 1. The van der Waals surface area contributed by atoms with Gasteiger partial charge in [0.25, 0.3) is 0 Å². The summed E-state index contributed by atoms with van der Waals surface area (Å²) in [5.41, 5.74) is 0.677. The minimum Gasteiger partial charge on any atom is -0.505 e. The van der Waals surface area contributed by atoms with Crippen molar-refractivity contribution in [3.05, 3.63) is 72.0 Å². The summed E-state index contributed by atoms with van der Waals surface area (Å²) in [6, 6.07) is 18.2. The fourth-order valence-electron chi connectivity index (χ4n) is 3.00. The summed E-state index contributed by atoms with van der Waals surface area (Å²) < 4.78 is 15.6. The van der Waals surface area contributed by atoms with Crippen molar-refractivity contribution in [2.75, 3.05) is 0 Å². The van der Waals surface area contributed by atoms with Crippen molar-refractivity contribution in [2.45, 2.75) is 6.92 Å². The Hall–Kier alpha value is -2.72.